The second-order valence-corrected chi connectivity index (χ2v) is 10.5. The number of amides is 2. The van der Waals surface area contributed by atoms with Gasteiger partial charge in [0.2, 0.25) is 5.91 Å². The zero-order chi connectivity index (χ0) is 22.9. The van der Waals surface area contributed by atoms with Crippen LogP contribution in [0.25, 0.3) is 0 Å². The molecule has 0 radical (unpaired) electrons. The Morgan fingerprint density at radius 2 is 2.28 bits per heavy atom. The highest BCUT2D eigenvalue weighted by Crippen LogP contribution is 2.44. The highest BCUT2D eigenvalue weighted by Gasteiger charge is 2.53. The van der Waals surface area contributed by atoms with E-state index in [9.17, 15) is 24.7 Å². The third-order valence-electron chi connectivity index (χ3n) is 5.29. The molecular formula is C18H21N5O6S3. The quantitative estimate of drug-likeness (QED) is 0.183. The van der Waals surface area contributed by atoms with Crippen molar-refractivity contribution in [3.63, 3.8) is 0 Å². The van der Waals surface area contributed by atoms with Crippen molar-refractivity contribution in [2.75, 3.05) is 23.8 Å². The van der Waals surface area contributed by atoms with E-state index in [1.807, 2.05) is 0 Å². The van der Waals surface area contributed by atoms with Crippen molar-refractivity contribution in [3.05, 3.63) is 22.8 Å². The highest BCUT2D eigenvalue weighted by atomic mass is 32.2. The van der Waals surface area contributed by atoms with Gasteiger partial charge >= 0.3 is 5.97 Å². The van der Waals surface area contributed by atoms with Crippen molar-refractivity contribution < 1.29 is 29.4 Å². The average Bonchev–Trinajstić information content (AvgIpc) is 3.19. The van der Waals surface area contributed by atoms with Crippen LogP contribution in [-0.2, 0) is 19.1 Å². The first-order valence-electron chi connectivity index (χ1n) is 9.75. The van der Waals surface area contributed by atoms with Crippen LogP contribution < -0.4 is 11.1 Å². The summed E-state index contributed by atoms with van der Waals surface area (Å²) in [6.45, 7) is 0.435. The molecule has 0 aliphatic carbocycles. The van der Waals surface area contributed by atoms with Crippen LogP contribution in [-0.4, -0.2) is 78.2 Å². The number of thiazole rings is 1. The lowest BCUT2D eigenvalue weighted by Crippen LogP contribution is -2.64. The molecule has 2 amide bonds. The molecule has 11 nitrogen and oxygen atoms in total. The molecule has 3 aliphatic heterocycles. The van der Waals surface area contributed by atoms with E-state index >= 15 is 0 Å². The third-order valence-corrected chi connectivity index (χ3v) is 8.77. The van der Waals surface area contributed by atoms with E-state index in [-0.39, 0.29) is 39.3 Å². The van der Waals surface area contributed by atoms with E-state index in [1.54, 1.807) is 0 Å². The summed E-state index contributed by atoms with van der Waals surface area (Å²) in [6, 6.07) is 0. The lowest BCUT2D eigenvalue weighted by atomic mass is 10.0. The molecule has 3 unspecified atom stereocenters. The topological polar surface area (TPSA) is 167 Å². The van der Waals surface area contributed by atoms with Gasteiger partial charge < -0.3 is 26.1 Å². The minimum Gasteiger partial charge on any atom is -0.477 e. The molecule has 2 fully saturated rings. The molecule has 2 saturated heterocycles. The van der Waals surface area contributed by atoms with Crippen LogP contribution >= 0.6 is 34.9 Å². The summed E-state index contributed by atoms with van der Waals surface area (Å²) in [6.07, 6.45) is 3.71. The normalized spacial score (nSPS) is 27.9. The minimum absolute atomic E-state index is 0.0128. The van der Waals surface area contributed by atoms with Gasteiger partial charge in [-0.2, -0.15) is 0 Å². The smallest absolute Gasteiger partial charge is 0.352 e. The summed E-state index contributed by atoms with van der Waals surface area (Å²) in [5.74, 6) is -1.26. The number of rotatable bonds is 7. The Morgan fingerprint density at radius 1 is 1.47 bits per heavy atom. The highest BCUT2D eigenvalue weighted by molar-refractivity contribution is 8.04. The molecule has 0 spiro atoms. The fourth-order valence-electron chi connectivity index (χ4n) is 3.72. The van der Waals surface area contributed by atoms with Gasteiger partial charge in [-0.3, -0.25) is 14.5 Å². The summed E-state index contributed by atoms with van der Waals surface area (Å²) in [5, 5.41) is 25.6. The van der Waals surface area contributed by atoms with Gasteiger partial charge in [-0.1, -0.05) is 5.16 Å². The van der Waals surface area contributed by atoms with Crippen LogP contribution in [0.4, 0.5) is 5.13 Å². The van der Waals surface area contributed by atoms with Gasteiger partial charge in [0.05, 0.1) is 0 Å². The number of carbonyl (C=O) groups excluding carboxylic acids is 2. The maximum absolute atomic E-state index is 12.9. The number of nitrogens with one attached hydrogen (secondary N) is 1. The number of oxime groups is 1. The Bertz CT molecular complexity index is 990. The van der Waals surface area contributed by atoms with E-state index in [4.69, 9.17) is 10.5 Å². The predicted octanol–water partition coefficient (Wildman–Crippen LogP) is 0.902. The van der Waals surface area contributed by atoms with Crippen molar-refractivity contribution >= 4 is 63.5 Å². The molecule has 3 aliphatic rings. The summed E-state index contributed by atoms with van der Waals surface area (Å²) in [5.41, 5.74) is 4.45. The fourth-order valence-corrected chi connectivity index (χ4v) is 7.14. The number of aliphatic carboxylic acids is 1. The number of aromatic nitrogens is 1. The standard InChI is InChI=1S/C18H21N5O6S3/c19-17-20-9(7-31-17)11(22-28)13(24)21-18(4-1-2-5-29-18)8-32-12-14(25)23-10(16(26)27)3-6-30-15(12)23/h3,7,12,15,28H,1-2,4-6,8H2,(H2,19,20)(H,21,24)(H,26,27)/b22-11-. The zero-order valence-electron chi connectivity index (χ0n) is 16.7. The Balaban J connectivity index is 1.45. The second-order valence-electron chi connectivity index (χ2n) is 7.33. The number of carboxylic acid groups (broad SMARTS) is 1. The molecule has 1 aromatic heterocycles. The van der Waals surface area contributed by atoms with Crippen LogP contribution in [0.15, 0.2) is 22.3 Å². The molecule has 14 heteroatoms. The number of hydrogen-bond donors (Lipinski definition) is 4. The maximum Gasteiger partial charge on any atom is 0.352 e. The van der Waals surface area contributed by atoms with Crippen LogP contribution in [0.1, 0.15) is 25.0 Å². The molecule has 3 atom stereocenters. The molecule has 0 aromatic carbocycles. The Kier molecular flexibility index (Phi) is 6.65. The van der Waals surface area contributed by atoms with Crippen molar-refractivity contribution in [2.45, 2.75) is 35.6 Å². The van der Waals surface area contributed by atoms with Crippen LogP contribution in [0.2, 0.25) is 0 Å². The van der Waals surface area contributed by atoms with E-state index in [2.05, 4.69) is 15.5 Å². The minimum atomic E-state index is -1.12. The number of nitrogens with zero attached hydrogens (tertiary/aromatic N) is 3. The first-order chi connectivity index (χ1) is 15.3. The summed E-state index contributed by atoms with van der Waals surface area (Å²) >= 11 is 3.95. The number of carbonyl (C=O) groups is 3. The van der Waals surface area contributed by atoms with Crippen LogP contribution in [0, 0.1) is 0 Å². The Labute approximate surface area is 195 Å². The Morgan fingerprint density at radius 3 is 2.91 bits per heavy atom. The van der Waals surface area contributed by atoms with E-state index < -0.39 is 22.9 Å². The predicted molar refractivity (Wildman–Crippen MR) is 121 cm³/mol. The van der Waals surface area contributed by atoms with Crippen molar-refractivity contribution in [1.82, 2.24) is 15.2 Å². The van der Waals surface area contributed by atoms with Crippen molar-refractivity contribution in [1.29, 1.82) is 0 Å². The van der Waals surface area contributed by atoms with Gasteiger partial charge in [-0.05, 0) is 25.3 Å². The van der Waals surface area contributed by atoms with Gasteiger partial charge in [0, 0.05) is 23.5 Å². The van der Waals surface area contributed by atoms with Crippen LogP contribution in [0.5, 0.6) is 0 Å². The van der Waals surface area contributed by atoms with Gasteiger partial charge in [-0.15, -0.1) is 34.9 Å². The number of thioether (sulfide) groups is 2. The molecule has 4 rings (SSSR count). The molecule has 172 valence electrons. The summed E-state index contributed by atoms with van der Waals surface area (Å²) < 4.78 is 5.95. The molecule has 0 bridgehead atoms. The molecule has 4 heterocycles. The number of ether oxygens (including phenoxy) is 1. The summed E-state index contributed by atoms with van der Waals surface area (Å²) in [4.78, 5) is 42.2. The second kappa shape index (κ2) is 9.29. The SMILES string of the molecule is Nc1nc(/C(=N/O)C(=O)NC2(CSC3C(=O)N4C(C(=O)O)=CCSC34)CCCCO2)cs1. The molecule has 0 saturated carbocycles. The first-order valence-corrected chi connectivity index (χ1v) is 12.7. The largest absolute Gasteiger partial charge is 0.477 e. The van der Waals surface area contributed by atoms with E-state index in [0.29, 0.717) is 18.8 Å². The number of nitrogen functional groups attached to an aromatic ring is 1. The fraction of sp³-hybridized carbons (Fsp3) is 0.500. The number of carboxylic acids is 1. The number of nitrogens with two attached hydrogens (primary N) is 1. The number of fused-ring (bicyclic) bond motifs is 1. The monoisotopic (exact) mass is 499 g/mol. The van der Waals surface area contributed by atoms with Gasteiger partial charge in [-0.25, -0.2) is 9.78 Å². The van der Waals surface area contributed by atoms with Crippen LogP contribution in [0.3, 0.4) is 0 Å². The van der Waals surface area contributed by atoms with E-state index in [0.717, 1.165) is 24.2 Å². The number of anilines is 1. The first kappa shape index (κ1) is 22.9. The lowest BCUT2D eigenvalue weighted by molar-refractivity contribution is -0.145. The maximum atomic E-state index is 12.9. The van der Waals surface area contributed by atoms with E-state index in [1.165, 1.54) is 39.9 Å². The summed E-state index contributed by atoms with van der Waals surface area (Å²) in [7, 11) is 0. The zero-order valence-corrected chi connectivity index (χ0v) is 19.2. The molecule has 1 aromatic rings. The average molecular weight is 500 g/mol. The van der Waals surface area contributed by atoms with Crippen molar-refractivity contribution in [3.8, 4) is 0 Å². The van der Waals surface area contributed by atoms with Crippen molar-refractivity contribution in [2.24, 2.45) is 5.16 Å². The molecular weight excluding hydrogens is 478 g/mol. The van der Waals surface area contributed by atoms with Gasteiger partial charge in [0.1, 0.15) is 27.7 Å². The third kappa shape index (κ3) is 4.31. The number of β-lactam (4-membered cyclic amide) rings is 1. The van der Waals surface area contributed by atoms with Gasteiger partial charge in [0.25, 0.3) is 5.91 Å². The molecule has 5 N–H and O–H groups in total. The Hall–Kier alpha value is -2.29. The lowest BCUT2D eigenvalue weighted by Gasteiger charge is -2.49. The number of hydrogen-bond acceptors (Lipinski definition) is 11. The molecule has 32 heavy (non-hydrogen) atoms. The van der Waals surface area contributed by atoms with Gasteiger partial charge in [0.15, 0.2) is 10.8 Å².